The largest absolute Gasteiger partial charge is 0.345 e. The van der Waals surface area contributed by atoms with Gasteiger partial charge < -0.3 is 10.3 Å². The molecule has 2 N–H and O–H groups in total. The zero-order valence-electron chi connectivity index (χ0n) is 15.2. The van der Waals surface area contributed by atoms with Gasteiger partial charge in [-0.3, -0.25) is 0 Å². The van der Waals surface area contributed by atoms with Crippen molar-refractivity contribution >= 4 is 11.0 Å². The van der Waals surface area contributed by atoms with Gasteiger partial charge in [0, 0.05) is 12.6 Å². The van der Waals surface area contributed by atoms with Crippen molar-refractivity contribution in [2.75, 3.05) is 0 Å². The van der Waals surface area contributed by atoms with Crippen LogP contribution in [0.2, 0.25) is 0 Å². The van der Waals surface area contributed by atoms with E-state index in [0.29, 0.717) is 11.5 Å². The second-order valence-electron chi connectivity index (χ2n) is 8.17. The minimum Gasteiger partial charge on any atom is -0.345 e. The van der Waals surface area contributed by atoms with E-state index in [0.717, 1.165) is 17.6 Å². The van der Waals surface area contributed by atoms with Crippen molar-refractivity contribution in [3.63, 3.8) is 0 Å². The molecule has 3 aromatic rings. The molecule has 4 rings (SSSR count). The normalized spacial score (nSPS) is 20.0. The summed E-state index contributed by atoms with van der Waals surface area (Å²) < 4.78 is 0. The van der Waals surface area contributed by atoms with Gasteiger partial charge in [0.15, 0.2) is 0 Å². The van der Waals surface area contributed by atoms with E-state index in [-0.39, 0.29) is 0 Å². The Morgan fingerprint density at radius 2 is 1.92 bits per heavy atom. The lowest BCUT2D eigenvalue weighted by Gasteiger charge is -2.35. The average molecular weight is 333 g/mol. The number of H-pyrrole nitrogens is 1. The molecule has 1 aliphatic rings. The van der Waals surface area contributed by atoms with Crippen molar-refractivity contribution < 1.29 is 0 Å². The van der Waals surface area contributed by atoms with Gasteiger partial charge in [0.2, 0.25) is 0 Å². The Kier molecular flexibility index (Phi) is 4.34. The van der Waals surface area contributed by atoms with Crippen molar-refractivity contribution in [3.8, 4) is 11.1 Å². The van der Waals surface area contributed by atoms with Crippen LogP contribution in [0.4, 0.5) is 0 Å². The van der Waals surface area contributed by atoms with E-state index in [9.17, 15) is 0 Å². The van der Waals surface area contributed by atoms with Crippen molar-refractivity contribution in [2.24, 2.45) is 5.41 Å². The van der Waals surface area contributed by atoms with Crippen LogP contribution >= 0.6 is 0 Å². The van der Waals surface area contributed by atoms with E-state index < -0.39 is 0 Å². The van der Waals surface area contributed by atoms with Crippen molar-refractivity contribution in [2.45, 2.75) is 52.1 Å². The summed E-state index contributed by atoms with van der Waals surface area (Å²) in [4.78, 5) is 7.47. The second-order valence-corrected chi connectivity index (χ2v) is 8.17. The quantitative estimate of drug-likeness (QED) is 0.681. The molecule has 0 spiro atoms. The van der Waals surface area contributed by atoms with E-state index in [4.69, 9.17) is 0 Å². The maximum absolute atomic E-state index is 4.28. The molecule has 2 aromatic carbocycles. The standard InChI is InChI=1S/C22H27N3/c1-22(2)11-3-4-19(13-22)23-14-16-5-7-17(8-6-16)18-9-10-20-21(12-18)25-15-24-20/h5-10,12,15,19,23H,3-4,11,13-14H2,1-2H3,(H,24,25). The summed E-state index contributed by atoms with van der Waals surface area (Å²) in [6, 6.07) is 16.0. The summed E-state index contributed by atoms with van der Waals surface area (Å²) in [6.45, 7) is 5.75. The lowest BCUT2D eigenvalue weighted by molar-refractivity contribution is 0.198. The van der Waals surface area contributed by atoms with Gasteiger partial charge in [0.1, 0.15) is 0 Å². The molecular weight excluding hydrogens is 306 g/mol. The minimum atomic E-state index is 0.491. The smallest absolute Gasteiger partial charge is 0.0931 e. The van der Waals surface area contributed by atoms with E-state index in [1.54, 1.807) is 6.33 Å². The van der Waals surface area contributed by atoms with Crippen LogP contribution in [0.5, 0.6) is 0 Å². The molecule has 1 atom stereocenters. The molecule has 0 aliphatic heterocycles. The molecular formula is C22H27N3. The molecule has 1 saturated carbocycles. The Bertz CT molecular complexity index is 845. The third kappa shape index (κ3) is 3.77. The summed E-state index contributed by atoms with van der Waals surface area (Å²) in [5, 5.41) is 3.76. The number of nitrogens with zero attached hydrogens (tertiary/aromatic N) is 1. The van der Waals surface area contributed by atoms with Crippen LogP contribution in [0.15, 0.2) is 48.8 Å². The van der Waals surface area contributed by atoms with Crippen molar-refractivity contribution in [1.82, 2.24) is 15.3 Å². The van der Waals surface area contributed by atoms with Gasteiger partial charge in [-0.2, -0.15) is 0 Å². The number of nitrogens with one attached hydrogen (secondary N) is 2. The van der Waals surface area contributed by atoms with Crippen LogP contribution in [0.1, 0.15) is 45.1 Å². The van der Waals surface area contributed by atoms with Gasteiger partial charge in [0.05, 0.1) is 17.4 Å². The molecule has 0 bridgehead atoms. The maximum atomic E-state index is 4.28. The lowest BCUT2D eigenvalue weighted by atomic mass is 9.75. The number of benzene rings is 2. The zero-order valence-corrected chi connectivity index (χ0v) is 15.2. The van der Waals surface area contributed by atoms with Gasteiger partial charge in [-0.05, 0) is 53.5 Å². The van der Waals surface area contributed by atoms with Crippen molar-refractivity contribution in [1.29, 1.82) is 0 Å². The Labute approximate surface area is 149 Å². The van der Waals surface area contributed by atoms with Crippen LogP contribution in [0.3, 0.4) is 0 Å². The molecule has 130 valence electrons. The molecule has 3 heteroatoms. The van der Waals surface area contributed by atoms with Crippen molar-refractivity contribution in [3.05, 3.63) is 54.4 Å². The van der Waals surface area contributed by atoms with Gasteiger partial charge in [0.25, 0.3) is 0 Å². The molecule has 1 aromatic heterocycles. The lowest BCUT2D eigenvalue weighted by Crippen LogP contribution is -2.36. The fourth-order valence-corrected chi connectivity index (χ4v) is 4.06. The van der Waals surface area contributed by atoms with Crippen LogP contribution in [-0.2, 0) is 6.54 Å². The fourth-order valence-electron chi connectivity index (χ4n) is 4.06. The molecule has 3 nitrogen and oxygen atoms in total. The Balaban J connectivity index is 1.41. The summed E-state index contributed by atoms with van der Waals surface area (Å²) in [6.07, 6.45) is 7.05. The van der Waals surface area contributed by atoms with Gasteiger partial charge in [-0.15, -0.1) is 0 Å². The first-order chi connectivity index (χ1) is 12.1. The number of fused-ring (bicyclic) bond motifs is 1. The van der Waals surface area contributed by atoms with E-state index in [2.05, 4.69) is 71.6 Å². The SMILES string of the molecule is CC1(C)CCCC(NCc2ccc(-c3ccc4nc[nH]c4c3)cc2)C1. The minimum absolute atomic E-state index is 0.491. The van der Waals surface area contributed by atoms with Gasteiger partial charge >= 0.3 is 0 Å². The Morgan fingerprint density at radius 1 is 1.12 bits per heavy atom. The highest BCUT2D eigenvalue weighted by molar-refractivity contribution is 5.81. The van der Waals surface area contributed by atoms with E-state index in [1.165, 1.54) is 42.4 Å². The van der Waals surface area contributed by atoms with E-state index in [1.807, 2.05) is 0 Å². The number of aromatic amines is 1. The fraction of sp³-hybridized carbons (Fsp3) is 0.409. The number of hydrogen-bond acceptors (Lipinski definition) is 2. The third-order valence-electron chi connectivity index (χ3n) is 5.51. The average Bonchev–Trinajstić information content (AvgIpc) is 3.07. The molecule has 0 radical (unpaired) electrons. The first-order valence-electron chi connectivity index (χ1n) is 9.35. The molecule has 25 heavy (non-hydrogen) atoms. The van der Waals surface area contributed by atoms with Crippen LogP contribution in [0, 0.1) is 5.41 Å². The van der Waals surface area contributed by atoms with Crippen LogP contribution in [-0.4, -0.2) is 16.0 Å². The summed E-state index contributed by atoms with van der Waals surface area (Å²) in [5.74, 6) is 0. The number of imidazole rings is 1. The zero-order chi connectivity index (χ0) is 17.3. The molecule has 1 heterocycles. The highest BCUT2D eigenvalue weighted by Gasteiger charge is 2.27. The predicted molar refractivity (Wildman–Crippen MR) is 104 cm³/mol. The maximum Gasteiger partial charge on any atom is 0.0931 e. The Hall–Kier alpha value is -2.13. The monoisotopic (exact) mass is 333 g/mol. The van der Waals surface area contributed by atoms with Crippen LogP contribution in [0.25, 0.3) is 22.2 Å². The van der Waals surface area contributed by atoms with E-state index >= 15 is 0 Å². The molecule has 0 saturated heterocycles. The highest BCUT2D eigenvalue weighted by Crippen LogP contribution is 2.35. The first kappa shape index (κ1) is 16.3. The predicted octanol–water partition coefficient (Wildman–Crippen LogP) is 5.29. The highest BCUT2D eigenvalue weighted by atomic mass is 14.9. The first-order valence-corrected chi connectivity index (χ1v) is 9.35. The van der Waals surface area contributed by atoms with Gasteiger partial charge in [-0.25, -0.2) is 4.98 Å². The van der Waals surface area contributed by atoms with Gasteiger partial charge in [-0.1, -0.05) is 50.6 Å². The topological polar surface area (TPSA) is 40.7 Å². The molecule has 1 fully saturated rings. The Morgan fingerprint density at radius 3 is 2.72 bits per heavy atom. The second kappa shape index (κ2) is 6.64. The molecule has 0 amide bonds. The summed E-state index contributed by atoms with van der Waals surface area (Å²) >= 11 is 0. The summed E-state index contributed by atoms with van der Waals surface area (Å²) in [5.41, 5.74) is 6.42. The third-order valence-corrected chi connectivity index (χ3v) is 5.51. The molecule has 1 unspecified atom stereocenters. The van der Waals surface area contributed by atoms with Crippen LogP contribution < -0.4 is 5.32 Å². The number of hydrogen-bond donors (Lipinski definition) is 2. The summed E-state index contributed by atoms with van der Waals surface area (Å²) in [7, 11) is 0. The number of aromatic nitrogens is 2. The number of rotatable bonds is 4. The molecule has 1 aliphatic carbocycles.